The molecule has 0 unspecified atom stereocenters. The smallest absolute Gasteiger partial charge is 0.220 e. The third kappa shape index (κ3) is 4.57. The topological polar surface area (TPSA) is 46.2 Å². The van der Waals surface area contributed by atoms with Gasteiger partial charge in [0.05, 0.1) is 0 Å². The Hall–Kier alpha value is -1.35. The number of Topliss-reactive ketones (excluding diaryl/α,β-unsaturated/α-hetero) is 1. The van der Waals surface area contributed by atoms with Crippen LogP contribution >= 0.6 is 11.6 Å². The van der Waals surface area contributed by atoms with E-state index in [0.717, 1.165) is 6.42 Å². The second-order valence-electron chi connectivity index (χ2n) is 6.37. The van der Waals surface area contributed by atoms with Gasteiger partial charge in [0, 0.05) is 29.5 Å². The Morgan fingerprint density at radius 3 is 2.50 bits per heavy atom. The standard InChI is InChI=1S/C18H24ClNO2/c1-12-4-3-5-16(13(12)2)20-18(22)11-10-17(21)14-6-8-15(19)9-7-14/h6-9,12-13,16H,3-5,10-11H2,1-2H3,(H,20,22)/t12-,13+,16+/m0/s1. The summed E-state index contributed by atoms with van der Waals surface area (Å²) in [6.45, 7) is 4.45. The van der Waals surface area contributed by atoms with Crippen LogP contribution in [0.15, 0.2) is 24.3 Å². The summed E-state index contributed by atoms with van der Waals surface area (Å²) in [6, 6.07) is 7.04. The average molecular weight is 322 g/mol. The third-order valence-corrected chi connectivity index (χ3v) is 5.05. The predicted molar refractivity (Wildman–Crippen MR) is 89.1 cm³/mol. The predicted octanol–water partition coefficient (Wildman–Crippen LogP) is 4.24. The summed E-state index contributed by atoms with van der Waals surface area (Å²) in [5.74, 6) is 1.12. The number of halogens is 1. The van der Waals surface area contributed by atoms with Crippen molar-refractivity contribution in [3.63, 3.8) is 0 Å². The van der Waals surface area contributed by atoms with Crippen molar-refractivity contribution in [2.24, 2.45) is 11.8 Å². The minimum atomic E-state index is -0.0201. The molecule has 1 amide bonds. The Kier molecular flexibility index (Phi) is 6.01. The van der Waals surface area contributed by atoms with Crippen LogP contribution in [0.4, 0.5) is 0 Å². The highest BCUT2D eigenvalue weighted by Gasteiger charge is 2.28. The number of carbonyl (C=O) groups excluding carboxylic acids is 2. The molecule has 0 radical (unpaired) electrons. The normalized spacial score (nSPS) is 24.8. The van der Waals surface area contributed by atoms with Crippen LogP contribution in [0.1, 0.15) is 56.3 Å². The largest absolute Gasteiger partial charge is 0.353 e. The van der Waals surface area contributed by atoms with Crippen LogP contribution in [0, 0.1) is 11.8 Å². The summed E-state index contributed by atoms with van der Waals surface area (Å²) in [7, 11) is 0. The zero-order valence-electron chi connectivity index (χ0n) is 13.3. The first-order valence-corrected chi connectivity index (χ1v) is 8.43. The van der Waals surface area contributed by atoms with E-state index in [2.05, 4.69) is 19.2 Å². The number of nitrogens with one attached hydrogen (secondary N) is 1. The van der Waals surface area contributed by atoms with Crippen LogP contribution in [-0.4, -0.2) is 17.7 Å². The van der Waals surface area contributed by atoms with Crippen molar-refractivity contribution in [1.82, 2.24) is 5.32 Å². The summed E-state index contributed by atoms with van der Waals surface area (Å²) >= 11 is 5.80. The first-order chi connectivity index (χ1) is 10.5. The van der Waals surface area contributed by atoms with Crippen LogP contribution in [0.2, 0.25) is 5.02 Å². The van der Waals surface area contributed by atoms with Crippen LogP contribution < -0.4 is 5.32 Å². The van der Waals surface area contributed by atoms with Crippen LogP contribution in [0.3, 0.4) is 0 Å². The van der Waals surface area contributed by atoms with E-state index in [1.807, 2.05) is 0 Å². The first kappa shape index (κ1) is 17.0. The second kappa shape index (κ2) is 7.77. The van der Waals surface area contributed by atoms with E-state index in [0.29, 0.717) is 22.4 Å². The second-order valence-corrected chi connectivity index (χ2v) is 6.81. The van der Waals surface area contributed by atoms with E-state index >= 15 is 0 Å². The highest BCUT2D eigenvalue weighted by Crippen LogP contribution is 2.29. The van der Waals surface area contributed by atoms with Gasteiger partial charge in [-0.2, -0.15) is 0 Å². The molecule has 1 saturated carbocycles. The van der Waals surface area contributed by atoms with Gasteiger partial charge in [0.25, 0.3) is 0 Å². The zero-order chi connectivity index (χ0) is 16.1. The third-order valence-electron chi connectivity index (χ3n) is 4.80. The van der Waals surface area contributed by atoms with Gasteiger partial charge in [-0.25, -0.2) is 0 Å². The molecule has 1 aliphatic carbocycles. The molecular weight excluding hydrogens is 298 g/mol. The van der Waals surface area contributed by atoms with Gasteiger partial charge in [-0.3, -0.25) is 9.59 Å². The molecule has 0 heterocycles. The van der Waals surface area contributed by atoms with E-state index in [4.69, 9.17) is 11.6 Å². The maximum absolute atomic E-state index is 12.1. The van der Waals surface area contributed by atoms with Gasteiger partial charge in [-0.15, -0.1) is 0 Å². The van der Waals surface area contributed by atoms with Crippen molar-refractivity contribution in [1.29, 1.82) is 0 Å². The fourth-order valence-corrected chi connectivity index (χ4v) is 3.20. The quantitative estimate of drug-likeness (QED) is 0.824. The molecule has 3 nitrogen and oxygen atoms in total. The van der Waals surface area contributed by atoms with Gasteiger partial charge in [-0.05, 0) is 42.5 Å². The number of carbonyl (C=O) groups is 2. The summed E-state index contributed by atoms with van der Waals surface area (Å²) in [5, 5.41) is 3.71. The molecule has 1 aromatic carbocycles. The van der Waals surface area contributed by atoms with Crippen molar-refractivity contribution >= 4 is 23.3 Å². The summed E-state index contributed by atoms with van der Waals surface area (Å²) < 4.78 is 0. The number of ketones is 1. The Bertz CT molecular complexity index is 526. The Balaban J connectivity index is 1.80. The molecule has 3 atom stereocenters. The maximum Gasteiger partial charge on any atom is 0.220 e. The molecule has 120 valence electrons. The van der Waals surface area contributed by atoms with Gasteiger partial charge in [0.15, 0.2) is 5.78 Å². The minimum Gasteiger partial charge on any atom is -0.353 e. The fourth-order valence-electron chi connectivity index (χ4n) is 3.07. The molecule has 0 saturated heterocycles. The van der Waals surface area contributed by atoms with E-state index in [-0.39, 0.29) is 30.6 Å². The van der Waals surface area contributed by atoms with Crippen molar-refractivity contribution in [3.8, 4) is 0 Å². The number of amides is 1. The van der Waals surface area contributed by atoms with E-state index in [1.165, 1.54) is 12.8 Å². The molecule has 1 aromatic rings. The van der Waals surface area contributed by atoms with E-state index in [1.54, 1.807) is 24.3 Å². The van der Waals surface area contributed by atoms with Crippen molar-refractivity contribution < 1.29 is 9.59 Å². The molecular formula is C18H24ClNO2. The molecule has 0 aliphatic heterocycles. The lowest BCUT2D eigenvalue weighted by molar-refractivity contribution is -0.122. The number of benzene rings is 1. The highest BCUT2D eigenvalue weighted by molar-refractivity contribution is 6.30. The summed E-state index contributed by atoms with van der Waals surface area (Å²) in [4.78, 5) is 24.1. The van der Waals surface area contributed by atoms with Crippen LogP contribution in [0.5, 0.6) is 0 Å². The molecule has 0 bridgehead atoms. The lowest BCUT2D eigenvalue weighted by Gasteiger charge is -2.34. The molecule has 1 aliphatic rings. The maximum atomic E-state index is 12.1. The van der Waals surface area contributed by atoms with Gasteiger partial charge in [0.1, 0.15) is 0 Å². The average Bonchev–Trinajstić information content (AvgIpc) is 2.50. The molecule has 1 fully saturated rings. The summed E-state index contributed by atoms with van der Waals surface area (Å²) in [5.41, 5.74) is 0.608. The number of hydrogen-bond acceptors (Lipinski definition) is 2. The molecule has 2 rings (SSSR count). The van der Waals surface area contributed by atoms with Gasteiger partial charge >= 0.3 is 0 Å². The molecule has 4 heteroatoms. The summed E-state index contributed by atoms with van der Waals surface area (Å²) in [6.07, 6.45) is 3.94. The van der Waals surface area contributed by atoms with Gasteiger partial charge in [-0.1, -0.05) is 38.3 Å². The van der Waals surface area contributed by atoms with Crippen molar-refractivity contribution in [2.45, 2.75) is 52.0 Å². The van der Waals surface area contributed by atoms with Crippen molar-refractivity contribution in [2.75, 3.05) is 0 Å². The van der Waals surface area contributed by atoms with Crippen LogP contribution in [-0.2, 0) is 4.79 Å². The Morgan fingerprint density at radius 2 is 1.82 bits per heavy atom. The number of hydrogen-bond donors (Lipinski definition) is 1. The SMILES string of the molecule is C[C@@H]1[C@@H](C)CCC[C@H]1NC(=O)CCC(=O)c1ccc(Cl)cc1. The van der Waals surface area contributed by atoms with E-state index < -0.39 is 0 Å². The molecule has 1 N–H and O–H groups in total. The van der Waals surface area contributed by atoms with Crippen molar-refractivity contribution in [3.05, 3.63) is 34.9 Å². The molecule has 0 aromatic heterocycles. The number of rotatable bonds is 5. The Labute approximate surface area is 137 Å². The minimum absolute atomic E-state index is 0.0168. The van der Waals surface area contributed by atoms with Gasteiger partial charge in [0.2, 0.25) is 5.91 Å². The van der Waals surface area contributed by atoms with Gasteiger partial charge < -0.3 is 5.32 Å². The monoisotopic (exact) mass is 321 g/mol. The first-order valence-electron chi connectivity index (χ1n) is 8.05. The van der Waals surface area contributed by atoms with E-state index in [9.17, 15) is 9.59 Å². The lowest BCUT2D eigenvalue weighted by atomic mass is 9.78. The fraction of sp³-hybridized carbons (Fsp3) is 0.556. The lowest BCUT2D eigenvalue weighted by Crippen LogP contribution is -2.43. The zero-order valence-corrected chi connectivity index (χ0v) is 14.0. The molecule has 22 heavy (non-hydrogen) atoms. The highest BCUT2D eigenvalue weighted by atomic mass is 35.5. The van der Waals surface area contributed by atoms with Crippen LogP contribution in [0.25, 0.3) is 0 Å². The molecule has 0 spiro atoms. The Morgan fingerprint density at radius 1 is 1.14 bits per heavy atom.